The second kappa shape index (κ2) is 6.82. The lowest BCUT2D eigenvalue weighted by Crippen LogP contribution is -2.47. The molecular formula is C8H22N2Si. The number of hydrogen-bond donors (Lipinski definition) is 2. The van der Waals surface area contributed by atoms with Crippen LogP contribution in [0.25, 0.3) is 0 Å². The third kappa shape index (κ3) is 6.53. The van der Waals surface area contributed by atoms with E-state index in [4.69, 9.17) is 0 Å². The Labute approximate surface area is 73.0 Å². The third-order valence-corrected chi connectivity index (χ3v) is 3.60. The molecule has 0 heterocycles. The molecule has 0 aliphatic rings. The minimum Gasteiger partial charge on any atom is -0.306 e. The summed E-state index contributed by atoms with van der Waals surface area (Å²) >= 11 is 0. The van der Waals surface area contributed by atoms with Crippen molar-refractivity contribution in [2.24, 2.45) is 0 Å². The minimum atomic E-state index is 0.0159. The van der Waals surface area contributed by atoms with Gasteiger partial charge >= 0.3 is 0 Å². The molecular weight excluding hydrogens is 152 g/mol. The summed E-state index contributed by atoms with van der Waals surface area (Å²) in [6.45, 7) is 11.1. The van der Waals surface area contributed by atoms with E-state index < -0.39 is 0 Å². The first-order valence-corrected chi connectivity index (χ1v) is 6.30. The van der Waals surface area contributed by atoms with Crippen LogP contribution in [-0.2, 0) is 0 Å². The SMILES string of the molecule is CCNC(NCC)[SiH2]C(C)C. The summed E-state index contributed by atoms with van der Waals surface area (Å²) in [5.41, 5.74) is 0.901. The number of rotatable bonds is 6. The Morgan fingerprint density at radius 2 is 1.55 bits per heavy atom. The van der Waals surface area contributed by atoms with E-state index in [1.807, 2.05) is 0 Å². The van der Waals surface area contributed by atoms with Gasteiger partial charge in [-0.2, -0.15) is 0 Å². The Morgan fingerprint density at radius 3 is 1.82 bits per heavy atom. The molecule has 0 saturated carbocycles. The standard InChI is InChI=1S/C8H22N2Si/c1-5-9-8(10-6-2)11-7(3)4/h7-10H,5-6,11H2,1-4H3. The lowest BCUT2D eigenvalue weighted by Gasteiger charge is -2.19. The molecule has 0 bridgehead atoms. The van der Waals surface area contributed by atoms with Gasteiger partial charge in [0.05, 0.1) is 9.52 Å². The molecule has 0 aromatic carbocycles. The van der Waals surface area contributed by atoms with Gasteiger partial charge in [0.25, 0.3) is 0 Å². The first-order valence-electron chi connectivity index (χ1n) is 4.67. The molecule has 0 spiro atoms. The van der Waals surface area contributed by atoms with Crippen molar-refractivity contribution in [1.82, 2.24) is 10.6 Å². The quantitative estimate of drug-likeness (QED) is 0.452. The lowest BCUT2D eigenvalue weighted by molar-refractivity contribution is 0.554. The normalized spacial score (nSPS) is 12.5. The van der Waals surface area contributed by atoms with Crippen LogP contribution in [0.5, 0.6) is 0 Å². The van der Waals surface area contributed by atoms with Crippen molar-refractivity contribution in [3.05, 3.63) is 0 Å². The third-order valence-electron chi connectivity index (χ3n) is 1.61. The van der Waals surface area contributed by atoms with Crippen LogP contribution >= 0.6 is 0 Å². The molecule has 0 radical (unpaired) electrons. The number of nitrogens with one attached hydrogen (secondary N) is 2. The van der Waals surface area contributed by atoms with Crippen LogP contribution < -0.4 is 10.6 Å². The summed E-state index contributed by atoms with van der Waals surface area (Å²) in [7, 11) is 0.0159. The van der Waals surface area contributed by atoms with E-state index in [9.17, 15) is 0 Å². The van der Waals surface area contributed by atoms with Crippen molar-refractivity contribution < 1.29 is 0 Å². The van der Waals surface area contributed by atoms with E-state index in [-0.39, 0.29) is 9.52 Å². The van der Waals surface area contributed by atoms with Gasteiger partial charge in [-0.25, -0.2) is 0 Å². The highest BCUT2D eigenvalue weighted by atomic mass is 28.2. The highest BCUT2D eigenvalue weighted by Gasteiger charge is 2.07. The van der Waals surface area contributed by atoms with Gasteiger partial charge in [0, 0.05) is 5.79 Å². The van der Waals surface area contributed by atoms with Crippen molar-refractivity contribution in [1.29, 1.82) is 0 Å². The zero-order valence-corrected chi connectivity index (χ0v) is 9.69. The highest BCUT2D eigenvalue weighted by molar-refractivity contribution is 6.39. The summed E-state index contributed by atoms with van der Waals surface area (Å²) in [5, 5.41) is 6.93. The molecule has 0 amide bonds. The molecule has 0 rings (SSSR count). The van der Waals surface area contributed by atoms with Crippen LogP contribution in [0.2, 0.25) is 5.54 Å². The van der Waals surface area contributed by atoms with Gasteiger partial charge in [0.2, 0.25) is 0 Å². The molecule has 0 aromatic heterocycles. The Balaban J connectivity index is 3.50. The second-order valence-electron chi connectivity index (χ2n) is 3.30. The molecule has 0 saturated heterocycles. The average Bonchev–Trinajstić information content (AvgIpc) is 1.87. The van der Waals surface area contributed by atoms with E-state index in [0.717, 1.165) is 18.6 Å². The monoisotopic (exact) mass is 174 g/mol. The summed E-state index contributed by atoms with van der Waals surface area (Å²) < 4.78 is 0. The molecule has 2 N–H and O–H groups in total. The molecule has 0 aromatic rings. The topological polar surface area (TPSA) is 24.1 Å². The van der Waals surface area contributed by atoms with E-state index in [0.29, 0.717) is 5.79 Å². The van der Waals surface area contributed by atoms with Crippen molar-refractivity contribution in [2.75, 3.05) is 13.1 Å². The summed E-state index contributed by atoms with van der Waals surface area (Å²) in [4.78, 5) is 0. The smallest absolute Gasteiger partial charge is 0.0611 e. The van der Waals surface area contributed by atoms with Gasteiger partial charge in [-0.3, -0.25) is 0 Å². The minimum absolute atomic E-state index is 0.0159. The first kappa shape index (κ1) is 11.1. The largest absolute Gasteiger partial charge is 0.306 e. The van der Waals surface area contributed by atoms with Crippen LogP contribution in [0.3, 0.4) is 0 Å². The maximum Gasteiger partial charge on any atom is 0.0611 e. The maximum absolute atomic E-state index is 3.47. The van der Waals surface area contributed by atoms with Crippen LogP contribution in [0.4, 0.5) is 0 Å². The zero-order valence-electron chi connectivity index (χ0n) is 8.28. The van der Waals surface area contributed by atoms with Crippen LogP contribution in [0, 0.1) is 0 Å². The first-order chi connectivity index (χ1) is 5.20. The number of hydrogen-bond acceptors (Lipinski definition) is 2. The molecule has 3 heteroatoms. The van der Waals surface area contributed by atoms with Gasteiger partial charge in [0.15, 0.2) is 0 Å². The fourth-order valence-corrected chi connectivity index (χ4v) is 3.06. The van der Waals surface area contributed by atoms with Crippen molar-refractivity contribution >= 4 is 9.52 Å². The van der Waals surface area contributed by atoms with E-state index in [2.05, 4.69) is 38.3 Å². The summed E-state index contributed by atoms with van der Waals surface area (Å²) in [6.07, 6.45) is 0. The predicted octanol–water partition coefficient (Wildman–Crippen LogP) is 0.486. The zero-order chi connectivity index (χ0) is 8.69. The highest BCUT2D eigenvalue weighted by Crippen LogP contribution is 1.97. The molecule has 0 unspecified atom stereocenters. The van der Waals surface area contributed by atoms with E-state index in [1.54, 1.807) is 0 Å². The molecule has 0 fully saturated rings. The van der Waals surface area contributed by atoms with Crippen molar-refractivity contribution in [3.63, 3.8) is 0 Å². The Bertz CT molecular complexity index is 80.2. The summed E-state index contributed by atoms with van der Waals surface area (Å²) in [6, 6.07) is 0. The maximum atomic E-state index is 3.47. The van der Waals surface area contributed by atoms with Gasteiger partial charge in [-0.1, -0.05) is 33.2 Å². The Morgan fingerprint density at radius 1 is 1.09 bits per heavy atom. The molecule has 0 aliphatic heterocycles. The van der Waals surface area contributed by atoms with Gasteiger partial charge < -0.3 is 10.6 Å². The Kier molecular flexibility index (Phi) is 6.91. The predicted molar refractivity (Wildman–Crippen MR) is 54.8 cm³/mol. The lowest BCUT2D eigenvalue weighted by atomic mass is 10.6. The second-order valence-corrected chi connectivity index (χ2v) is 6.22. The average molecular weight is 174 g/mol. The van der Waals surface area contributed by atoms with E-state index in [1.165, 1.54) is 0 Å². The van der Waals surface area contributed by atoms with Crippen LogP contribution in [0.15, 0.2) is 0 Å². The fourth-order valence-electron chi connectivity index (χ4n) is 1.20. The van der Waals surface area contributed by atoms with Crippen molar-refractivity contribution in [3.8, 4) is 0 Å². The molecule has 11 heavy (non-hydrogen) atoms. The molecule has 68 valence electrons. The molecule has 0 aliphatic carbocycles. The van der Waals surface area contributed by atoms with E-state index >= 15 is 0 Å². The van der Waals surface area contributed by atoms with Crippen molar-refractivity contribution in [2.45, 2.75) is 39.0 Å². The fraction of sp³-hybridized carbons (Fsp3) is 1.00. The van der Waals surface area contributed by atoms with Gasteiger partial charge in [-0.15, -0.1) is 0 Å². The Hall–Kier alpha value is 0.137. The molecule has 0 atom stereocenters. The molecule has 2 nitrogen and oxygen atoms in total. The van der Waals surface area contributed by atoms with Gasteiger partial charge in [-0.05, 0) is 13.1 Å². The van der Waals surface area contributed by atoms with Gasteiger partial charge in [0.1, 0.15) is 0 Å². The van der Waals surface area contributed by atoms with Crippen LogP contribution in [0.1, 0.15) is 27.7 Å². The summed E-state index contributed by atoms with van der Waals surface area (Å²) in [5.74, 6) is 0.644. The van der Waals surface area contributed by atoms with Crippen LogP contribution in [-0.4, -0.2) is 28.4 Å².